The molecule has 0 radical (unpaired) electrons. The first kappa shape index (κ1) is 22.5. The normalized spacial score (nSPS) is 11.1. The van der Waals surface area contributed by atoms with Crippen molar-refractivity contribution in [2.75, 3.05) is 17.2 Å². The maximum Gasteiger partial charge on any atom is 0.417 e. The molecule has 0 aromatic heterocycles. The zero-order chi connectivity index (χ0) is 21.6. The number of carbonyl (C=O) groups is 2. The van der Waals surface area contributed by atoms with Crippen LogP contribution in [0.25, 0.3) is 0 Å². The molecule has 2 amide bonds. The zero-order valence-electron chi connectivity index (χ0n) is 15.8. The number of ether oxygens (including phenoxy) is 1. The average molecular weight is 429 g/mol. The monoisotopic (exact) mass is 428 g/mol. The van der Waals surface area contributed by atoms with Crippen LogP contribution in [0.1, 0.15) is 30.5 Å². The van der Waals surface area contributed by atoms with Crippen molar-refractivity contribution < 1.29 is 27.5 Å². The smallest absolute Gasteiger partial charge is 0.417 e. The molecule has 2 aromatic rings. The van der Waals surface area contributed by atoms with Crippen LogP contribution in [-0.4, -0.2) is 18.6 Å². The van der Waals surface area contributed by atoms with E-state index in [2.05, 4.69) is 10.6 Å². The molecule has 2 rings (SSSR count). The lowest BCUT2D eigenvalue weighted by Crippen LogP contribution is -2.21. The van der Waals surface area contributed by atoms with Gasteiger partial charge >= 0.3 is 18.2 Å². The Morgan fingerprint density at radius 1 is 1.14 bits per heavy atom. The quantitative estimate of drug-likeness (QED) is 0.582. The van der Waals surface area contributed by atoms with Crippen LogP contribution in [0.3, 0.4) is 0 Å². The second kappa shape index (κ2) is 9.65. The number of alkyl halides is 3. The summed E-state index contributed by atoms with van der Waals surface area (Å²) in [5.41, 5.74) is 1.21. The number of nitrogens with one attached hydrogen (secondary N) is 2. The van der Waals surface area contributed by atoms with Crippen LogP contribution in [0.5, 0.6) is 0 Å². The maximum atomic E-state index is 13.0. The van der Waals surface area contributed by atoms with E-state index in [0.29, 0.717) is 18.5 Å². The predicted octanol–water partition coefficient (Wildman–Crippen LogP) is 5.67. The molecule has 0 aliphatic heterocycles. The van der Waals surface area contributed by atoms with Crippen molar-refractivity contribution in [2.24, 2.45) is 0 Å². The molecule has 0 saturated carbocycles. The highest BCUT2D eigenvalue weighted by Gasteiger charge is 2.33. The number of hydrogen-bond donors (Lipinski definition) is 2. The zero-order valence-corrected chi connectivity index (χ0v) is 16.6. The van der Waals surface area contributed by atoms with Crippen molar-refractivity contribution in [3.8, 4) is 0 Å². The third-order valence-corrected chi connectivity index (χ3v) is 4.41. The van der Waals surface area contributed by atoms with Gasteiger partial charge in [-0.2, -0.15) is 13.2 Å². The standard InChI is InChI=1S/C20H20ClF3N2O3/c1-3-15-13(9-10-29-12(2)27)5-4-6-18(15)26-19(28)25-14-7-8-17(21)16(11-14)20(22,23)24/h4-8,11H,3,9-10H2,1-2H3,(H2,25,26,28). The third-order valence-electron chi connectivity index (χ3n) is 4.08. The Labute approximate surface area is 171 Å². The maximum absolute atomic E-state index is 13.0. The Morgan fingerprint density at radius 2 is 1.86 bits per heavy atom. The number of carbonyl (C=O) groups excluding carboxylic acids is 2. The molecule has 0 aliphatic carbocycles. The summed E-state index contributed by atoms with van der Waals surface area (Å²) in [5, 5.41) is 4.58. The predicted molar refractivity (Wildman–Crippen MR) is 105 cm³/mol. The lowest BCUT2D eigenvalue weighted by Gasteiger charge is -2.16. The molecule has 29 heavy (non-hydrogen) atoms. The van der Waals surface area contributed by atoms with E-state index in [-0.39, 0.29) is 18.3 Å². The van der Waals surface area contributed by atoms with Gasteiger partial charge in [0.25, 0.3) is 0 Å². The first-order chi connectivity index (χ1) is 13.6. The molecule has 0 aliphatic rings. The molecule has 0 unspecified atom stereocenters. The molecular formula is C20H20ClF3N2O3. The topological polar surface area (TPSA) is 67.4 Å². The second-order valence-electron chi connectivity index (χ2n) is 6.16. The number of anilines is 2. The van der Waals surface area contributed by atoms with Gasteiger partial charge < -0.3 is 15.4 Å². The van der Waals surface area contributed by atoms with Crippen LogP contribution in [0.2, 0.25) is 5.02 Å². The number of benzene rings is 2. The molecule has 2 N–H and O–H groups in total. The number of esters is 1. The van der Waals surface area contributed by atoms with Crippen LogP contribution >= 0.6 is 11.6 Å². The Hall–Kier alpha value is -2.74. The van der Waals surface area contributed by atoms with E-state index in [1.807, 2.05) is 13.0 Å². The molecule has 0 bridgehead atoms. The minimum Gasteiger partial charge on any atom is -0.466 e. The fourth-order valence-electron chi connectivity index (χ4n) is 2.81. The van der Waals surface area contributed by atoms with Gasteiger partial charge in [0.2, 0.25) is 0 Å². The fraction of sp³-hybridized carbons (Fsp3) is 0.300. The Kier molecular flexibility index (Phi) is 7.50. The summed E-state index contributed by atoms with van der Waals surface area (Å²) in [7, 11) is 0. The molecule has 0 spiro atoms. The van der Waals surface area contributed by atoms with Crippen LogP contribution in [-0.2, 0) is 28.5 Å². The van der Waals surface area contributed by atoms with E-state index < -0.39 is 22.8 Å². The van der Waals surface area contributed by atoms with Gasteiger partial charge in [-0.1, -0.05) is 30.7 Å². The van der Waals surface area contributed by atoms with Crippen molar-refractivity contribution in [2.45, 2.75) is 32.9 Å². The molecule has 0 atom stereocenters. The van der Waals surface area contributed by atoms with E-state index in [1.54, 1.807) is 12.1 Å². The van der Waals surface area contributed by atoms with Crippen LogP contribution < -0.4 is 10.6 Å². The van der Waals surface area contributed by atoms with Crippen molar-refractivity contribution in [3.63, 3.8) is 0 Å². The Bertz CT molecular complexity index is 901. The molecule has 0 heterocycles. The summed E-state index contributed by atoms with van der Waals surface area (Å²) in [6, 6.07) is 7.74. The first-order valence-corrected chi connectivity index (χ1v) is 9.18. The van der Waals surface area contributed by atoms with Crippen LogP contribution in [0, 0.1) is 0 Å². The highest BCUT2D eigenvalue weighted by atomic mass is 35.5. The molecule has 5 nitrogen and oxygen atoms in total. The van der Waals surface area contributed by atoms with E-state index in [9.17, 15) is 22.8 Å². The van der Waals surface area contributed by atoms with Gasteiger partial charge in [-0.3, -0.25) is 4.79 Å². The van der Waals surface area contributed by atoms with E-state index in [0.717, 1.165) is 23.3 Å². The minimum atomic E-state index is -4.63. The summed E-state index contributed by atoms with van der Waals surface area (Å²) in [5.74, 6) is -0.377. The summed E-state index contributed by atoms with van der Waals surface area (Å²) < 4.78 is 43.8. The van der Waals surface area contributed by atoms with Crippen LogP contribution in [0.4, 0.5) is 29.3 Å². The van der Waals surface area contributed by atoms with E-state index in [1.165, 1.54) is 13.0 Å². The number of urea groups is 1. The SMILES string of the molecule is CCc1c(CCOC(C)=O)cccc1NC(=O)Nc1ccc(Cl)c(C(F)(F)F)c1. The van der Waals surface area contributed by atoms with Gasteiger partial charge in [-0.05, 0) is 41.8 Å². The van der Waals surface area contributed by atoms with Crippen LogP contribution in [0.15, 0.2) is 36.4 Å². The lowest BCUT2D eigenvalue weighted by atomic mass is 10.0. The van der Waals surface area contributed by atoms with Crippen molar-refractivity contribution in [3.05, 3.63) is 58.1 Å². The average Bonchev–Trinajstić information content (AvgIpc) is 2.62. The third kappa shape index (κ3) is 6.39. The fourth-order valence-corrected chi connectivity index (χ4v) is 3.04. The van der Waals surface area contributed by atoms with Gasteiger partial charge in [0.05, 0.1) is 17.2 Å². The van der Waals surface area contributed by atoms with Gasteiger partial charge in [-0.15, -0.1) is 0 Å². The van der Waals surface area contributed by atoms with Crippen molar-refractivity contribution >= 4 is 35.0 Å². The molecular weight excluding hydrogens is 409 g/mol. The number of hydrogen-bond acceptors (Lipinski definition) is 3. The van der Waals surface area contributed by atoms with E-state index in [4.69, 9.17) is 16.3 Å². The van der Waals surface area contributed by atoms with Gasteiger partial charge in [0, 0.05) is 24.7 Å². The second-order valence-corrected chi connectivity index (χ2v) is 6.57. The summed E-state index contributed by atoms with van der Waals surface area (Å²) in [6.07, 6.45) is -3.55. The number of halogens is 4. The Balaban J connectivity index is 2.14. The molecule has 9 heteroatoms. The number of amides is 2. The first-order valence-electron chi connectivity index (χ1n) is 8.80. The summed E-state index contributed by atoms with van der Waals surface area (Å²) >= 11 is 5.59. The highest BCUT2D eigenvalue weighted by Crippen LogP contribution is 2.36. The van der Waals surface area contributed by atoms with Crippen molar-refractivity contribution in [1.82, 2.24) is 0 Å². The molecule has 0 fully saturated rings. The summed E-state index contributed by atoms with van der Waals surface area (Å²) in [4.78, 5) is 23.2. The number of rotatable bonds is 6. The lowest BCUT2D eigenvalue weighted by molar-refractivity contribution is -0.141. The largest absolute Gasteiger partial charge is 0.466 e. The molecule has 0 saturated heterocycles. The van der Waals surface area contributed by atoms with E-state index >= 15 is 0 Å². The van der Waals surface area contributed by atoms with Gasteiger partial charge in [0.15, 0.2) is 0 Å². The highest BCUT2D eigenvalue weighted by molar-refractivity contribution is 6.31. The van der Waals surface area contributed by atoms with Gasteiger partial charge in [-0.25, -0.2) is 4.79 Å². The minimum absolute atomic E-state index is 0.0386. The summed E-state index contributed by atoms with van der Waals surface area (Å²) in [6.45, 7) is 3.44. The Morgan fingerprint density at radius 3 is 2.48 bits per heavy atom. The molecule has 2 aromatic carbocycles. The van der Waals surface area contributed by atoms with Crippen molar-refractivity contribution in [1.29, 1.82) is 0 Å². The molecule has 156 valence electrons. The van der Waals surface area contributed by atoms with Gasteiger partial charge in [0.1, 0.15) is 0 Å².